The zero-order valence-electron chi connectivity index (χ0n) is 18.9. The zero-order valence-corrected chi connectivity index (χ0v) is 20.7. The molecule has 0 bridgehead atoms. The summed E-state index contributed by atoms with van der Waals surface area (Å²) < 4.78 is 92.7. The molecule has 0 aliphatic carbocycles. The van der Waals surface area contributed by atoms with Crippen molar-refractivity contribution in [2.24, 2.45) is 0 Å². The van der Waals surface area contributed by atoms with Crippen LogP contribution in [-0.2, 0) is 35.2 Å². The molecule has 5 atom stereocenters. The molecule has 2 unspecified atom stereocenters. The van der Waals surface area contributed by atoms with E-state index in [2.05, 4.69) is 8.83 Å². The lowest BCUT2D eigenvalue weighted by atomic mass is 10.1. The highest BCUT2D eigenvalue weighted by molar-refractivity contribution is 7.60. The molecule has 0 spiro atoms. The third-order valence-corrected chi connectivity index (χ3v) is 7.42. The van der Waals surface area contributed by atoms with Crippen LogP contribution in [0.2, 0.25) is 0 Å². The number of nitrogens with zero attached hydrogens (tertiary/aromatic N) is 2. The van der Waals surface area contributed by atoms with E-state index < -0.39 is 87.7 Å². The fourth-order valence-electron chi connectivity index (χ4n) is 3.57. The molecule has 1 aromatic heterocycles. The van der Waals surface area contributed by atoms with E-state index in [1.807, 2.05) is 0 Å². The summed E-state index contributed by atoms with van der Waals surface area (Å²) in [6, 6.07) is 1.17. The van der Waals surface area contributed by atoms with Crippen molar-refractivity contribution in [1.29, 1.82) is 0 Å². The first-order valence-corrected chi connectivity index (χ1v) is 13.3. The molecular weight excluding hydrogens is 574 g/mol. The Balaban J connectivity index is 1.91. The maximum Gasteiger partial charge on any atom is 0.481 e. The Bertz CT molecular complexity index is 1430. The Kier molecular flexibility index (Phi) is 8.56. The normalized spacial score (nSPS) is 23.9. The van der Waals surface area contributed by atoms with Gasteiger partial charge < -0.3 is 29.6 Å². The number of aliphatic hydroxyl groups excluding tert-OH is 2. The van der Waals surface area contributed by atoms with Crippen LogP contribution in [0.1, 0.15) is 17.4 Å². The van der Waals surface area contributed by atoms with E-state index in [4.69, 9.17) is 14.5 Å². The molecule has 2 aromatic rings. The van der Waals surface area contributed by atoms with Gasteiger partial charge in [-0.2, -0.15) is 13.1 Å². The minimum Gasteiger partial charge on any atom is -0.387 e. The van der Waals surface area contributed by atoms with Crippen LogP contribution in [0.4, 0.5) is 17.6 Å². The van der Waals surface area contributed by atoms with Crippen LogP contribution >= 0.6 is 15.6 Å². The lowest BCUT2D eigenvalue weighted by molar-refractivity contribution is -0.0572. The molecular formula is C18H20F4N2O12P2. The number of alkyl halides is 2. The van der Waals surface area contributed by atoms with Gasteiger partial charge in [0, 0.05) is 17.8 Å². The number of ether oxygens (including phenoxy) is 1. The SMILES string of the molecule is Cc1cn([C@@H]2O[C@H](COP(=O)(O)OP(=O)(O)O)[C@H](O)C2O)c(=O)n(CC(F)(F)c2ccc(F)cc2F)c1=O. The number of aromatic nitrogens is 2. The molecule has 0 saturated carbocycles. The number of benzene rings is 1. The van der Waals surface area contributed by atoms with E-state index in [9.17, 15) is 51.4 Å². The predicted molar refractivity (Wildman–Crippen MR) is 115 cm³/mol. The summed E-state index contributed by atoms with van der Waals surface area (Å²) in [5.41, 5.74) is -4.37. The Morgan fingerprint density at radius 2 is 1.74 bits per heavy atom. The maximum atomic E-state index is 14.8. The third-order valence-electron chi connectivity index (χ3n) is 5.27. The van der Waals surface area contributed by atoms with Gasteiger partial charge in [-0.15, -0.1) is 0 Å². The first-order valence-electron chi connectivity index (χ1n) is 10.2. The van der Waals surface area contributed by atoms with E-state index in [1.54, 1.807) is 0 Å². The predicted octanol–water partition coefficient (Wildman–Crippen LogP) is 0.234. The Morgan fingerprint density at radius 1 is 1.11 bits per heavy atom. The van der Waals surface area contributed by atoms with Gasteiger partial charge in [-0.25, -0.2) is 22.7 Å². The number of hydrogen-bond acceptors (Lipinski definition) is 9. The van der Waals surface area contributed by atoms with Crippen LogP contribution in [0.3, 0.4) is 0 Å². The summed E-state index contributed by atoms with van der Waals surface area (Å²) in [6.07, 6.45) is -6.78. The minimum atomic E-state index is -5.48. The van der Waals surface area contributed by atoms with Crippen molar-refractivity contribution in [2.45, 2.75) is 43.9 Å². The first kappa shape index (κ1) is 30.3. The van der Waals surface area contributed by atoms with Gasteiger partial charge in [0.25, 0.3) is 11.5 Å². The van der Waals surface area contributed by atoms with E-state index in [1.165, 1.54) is 0 Å². The third kappa shape index (κ3) is 6.66. The summed E-state index contributed by atoms with van der Waals surface area (Å²) in [6.45, 7) is -1.72. The highest BCUT2D eigenvalue weighted by Gasteiger charge is 2.46. The molecule has 212 valence electrons. The summed E-state index contributed by atoms with van der Waals surface area (Å²) >= 11 is 0. The summed E-state index contributed by atoms with van der Waals surface area (Å²) in [5, 5.41) is 20.5. The van der Waals surface area contributed by atoms with Gasteiger partial charge in [0.15, 0.2) is 6.23 Å². The first-order chi connectivity index (χ1) is 17.3. The average Bonchev–Trinajstić information content (AvgIpc) is 3.04. The molecule has 1 aliphatic rings. The van der Waals surface area contributed by atoms with Gasteiger partial charge in [0.2, 0.25) is 0 Å². The summed E-state index contributed by atoms with van der Waals surface area (Å²) in [4.78, 5) is 52.0. The largest absolute Gasteiger partial charge is 0.481 e. The van der Waals surface area contributed by atoms with Crippen molar-refractivity contribution in [3.63, 3.8) is 0 Å². The van der Waals surface area contributed by atoms with Crippen molar-refractivity contribution >= 4 is 15.6 Å². The van der Waals surface area contributed by atoms with Crippen molar-refractivity contribution < 1.29 is 65.2 Å². The second-order valence-corrected chi connectivity index (χ2v) is 10.9. The Hall–Kier alpha value is -2.24. The number of hydrogen-bond donors (Lipinski definition) is 5. The topological polar surface area (TPSA) is 207 Å². The quantitative estimate of drug-likeness (QED) is 0.195. The van der Waals surface area contributed by atoms with E-state index in [0.29, 0.717) is 16.7 Å². The molecule has 14 nitrogen and oxygen atoms in total. The smallest absolute Gasteiger partial charge is 0.387 e. The molecule has 0 radical (unpaired) electrons. The highest BCUT2D eigenvalue weighted by atomic mass is 31.3. The summed E-state index contributed by atoms with van der Waals surface area (Å²) in [7, 11) is -10.9. The number of rotatable bonds is 9. The second kappa shape index (κ2) is 10.7. The van der Waals surface area contributed by atoms with Gasteiger partial charge in [-0.05, 0) is 19.1 Å². The molecule has 1 aromatic carbocycles. The van der Waals surface area contributed by atoms with E-state index >= 15 is 0 Å². The summed E-state index contributed by atoms with van der Waals surface area (Å²) in [5.74, 6) is -6.98. The number of phosphoric acid groups is 2. The van der Waals surface area contributed by atoms with Crippen molar-refractivity contribution in [3.8, 4) is 0 Å². The van der Waals surface area contributed by atoms with E-state index in [0.717, 1.165) is 13.1 Å². The molecule has 5 N–H and O–H groups in total. The molecule has 1 aliphatic heterocycles. The van der Waals surface area contributed by atoms with Crippen molar-refractivity contribution in [2.75, 3.05) is 6.61 Å². The van der Waals surface area contributed by atoms with Gasteiger partial charge in [-0.3, -0.25) is 18.5 Å². The van der Waals surface area contributed by atoms with Gasteiger partial charge in [0.1, 0.15) is 29.9 Å². The number of aliphatic hydroxyl groups is 2. The molecule has 1 fully saturated rings. The lowest BCUT2D eigenvalue weighted by Gasteiger charge is -2.22. The van der Waals surface area contributed by atoms with Crippen LogP contribution in [0.15, 0.2) is 34.0 Å². The number of phosphoric ester groups is 1. The van der Waals surface area contributed by atoms with Crippen LogP contribution in [0.25, 0.3) is 0 Å². The van der Waals surface area contributed by atoms with E-state index in [-0.39, 0.29) is 16.2 Å². The molecule has 3 rings (SSSR count). The highest BCUT2D eigenvalue weighted by Crippen LogP contribution is 2.57. The van der Waals surface area contributed by atoms with Crippen LogP contribution in [0, 0.1) is 18.6 Å². The second-order valence-electron chi connectivity index (χ2n) is 8.10. The Morgan fingerprint density at radius 3 is 2.32 bits per heavy atom. The van der Waals surface area contributed by atoms with Crippen LogP contribution in [0.5, 0.6) is 0 Å². The number of halogens is 4. The number of aryl methyl sites for hydroxylation is 1. The van der Waals surface area contributed by atoms with Crippen LogP contribution < -0.4 is 11.2 Å². The van der Waals surface area contributed by atoms with Crippen LogP contribution in [-0.4, -0.2) is 58.9 Å². The average molecular weight is 594 g/mol. The fourth-order valence-corrected chi connectivity index (χ4v) is 5.17. The van der Waals surface area contributed by atoms with Gasteiger partial charge >= 0.3 is 21.3 Å². The molecule has 38 heavy (non-hydrogen) atoms. The van der Waals surface area contributed by atoms with Gasteiger partial charge in [-0.1, -0.05) is 0 Å². The molecule has 0 amide bonds. The zero-order chi connectivity index (χ0) is 28.8. The molecule has 20 heteroatoms. The standard InChI is InChI=1S/C18H20F4N2O12P2/c1-8-5-23(16-14(26)13(25)12(35-16)6-34-38(32,33)36-37(29,30)31)17(28)24(15(8)27)7-18(21,22)10-3-2-9(19)4-11(10)20/h2-5,12-14,16,25-26H,6-7H2,1H3,(H,32,33)(H2,29,30,31)/t12-,13+,14?,16-/m1/s1. The van der Waals surface area contributed by atoms with Crippen molar-refractivity contribution in [1.82, 2.24) is 9.13 Å². The Labute approximate surface area is 209 Å². The van der Waals surface area contributed by atoms with Gasteiger partial charge in [0.05, 0.1) is 18.7 Å². The molecule has 2 heterocycles. The minimum absolute atomic E-state index is 0.000212. The molecule has 1 saturated heterocycles. The lowest BCUT2D eigenvalue weighted by Crippen LogP contribution is -2.46. The fraction of sp³-hybridized carbons (Fsp3) is 0.444. The van der Waals surface area contributed by atoms with Crippen molar-refractivity contribution in [3.05, 3.63) is 68.0 Å². The monoisotopic (exact) mass is 594 g/mol. The maximum absolute atomic E-state index is 14.8.